The standard InChI is InChI=1S/C23H24ClN3O3/c1-15(2)25-21(29)14-27-22(17-7-5-8-18(24)13-17)26-20-10-9-16(6-3-4-11-28)12-19(20)23(27)30/h3,5-10,12-13,15,28H,4,11,14H2,1-2H3,(H,25,29)/b6-3+. The quantitative estimate of drug-likeness (QED) is 0.605. The summed E-state index contributed by atoms with van der Waals surface area (Å²) in [5.41, 5.74) is 1.72. The highest BCUT2D eigenvalue weighted by Gasteiger charge is 2.16. The first-order valence-corrected chi connectivity index (χ1v) is 10.1. The molecule has 0 saturated heterocycles. The van der Waals surface area contributed by atoms with Gasteiger partial charge in [0, 0.05) is 23.2 Å². The Morgan fingerprint density at radius 1 is 1.27 bits per heavy atom. The number of carbonyl (C=O) groups excluding carboxylic acids is 1. The van der Waals surface area contributed by atoms with Gasteiger partial charge in [0.1, 0.15) is 12.4 Å². The van der Waals surface area contributed by atoms with E-state index in [0.717, 1.165) is 5.56 Å². The predicted octanol–water partition coefficient (Wildman–Crippen LogP) is 3.64. The molecule has 0 unspecified atom stereocenters. The zero-order valence-corrected chi connectivity index (χ0v) is 17.7. The van der Waals surface area contributed by atoms with E-state index < -0.39 is 0 Å². The predicted molar refractivity (Wildman–Crippen MR) is 120 cm³/mol. The molecular formula is C23H24ClN3O3. The van der Waals surface area contributed by atoms with Crippen molar-refractivity contribution >= 4 is 34.5 Å². The minimum absolute atomic E-state index is 0.0421. The average molecular weight is 426 g/mol. The Labute approximate surface area is 179 Å². The van der Waals surface area contributed by atoms with Gasteiger partial charge in [0.25, 0.3) is 5.56 Å². The summed E-state index contributed by atoms with van der Waals surface area (Å²) in [5.74, 6) is 0.119. The Morgan fingerprint density at radius 3 is 2.77 bits per heavy atom. The number of amides is 1. The van der Waals surface area contributed by atoms with Gasteiger partial charge < -0.3 is 10.4 Å². The molecule has 156 valence electrons. The van der Waals surface area contributed by atoms with E-state index >= 15 is 0 Å². The molecule has 6 nitrogen and oxygen atoms in total. The molecule has 2 N–H and O–H groups in total. The third-order valence-corrected chi connectivity index (χ3v) is 4.65. The highest BCUT2D eigenvalue weighted by Crippen LogP contribution is 2.23. The van der Waals surface area contributed by atoms with Crippen molar-refractivity contribution in [2.75, 3.05) is 6.61 Å². The van der Waals surface area contributed by atoms with E-state index in [1.807, 2.05) is 38.1 Å². The molecule has 1 aromatic heterocycles. The second kappa shape index (κ2) is 9.69. The molecule has 1 heterocycles. The highest BCUT2D eigenvalue weighted by atomic mass is 35.5. The number of fused-ring (bicyclic) bond motifs is 1. The lowest BCUT2D eigenvalue weighted by Gasteiger charge is -2.15. The Hall–Kier alpha value is -2.96. The van der Waals surface area contributed by atoms with Gasteiger partial charge in [-0.2, -0.15) is 0 Å². The summed E-state index contributed by atoms with van der Waals surface area (Å²) in [7, 11) is 0. The van der Waals surface area contributed by atoms with Crippen molar-refractivity contribution in [3.63, 3.8) is 0 Å². The number of halogens is 1. The molecule has 0 radical (unpaired) electrons. The second-order valence-corrected chi connectivity index (χ2v) is 7.69. The van der Waals surface area contributed by atoms with Crippen LogP contribution < -0.4 is 10.9 Å². The van der Waals surface area contributed by atoms with Crippen LogP contribution in [-0.4, -0.2) is 33.2 Å². The lowest BCUT2D eigenvalue weighted by Crippen LogP contribution is -2.37. The SMILES string of the molecule is CC(C)NC(=O)Cn1c(-c2cccc(Cl)c2)nc2ccc(/C=C/CCO)cc2c1=O. The van der Waals surface area contributed by atoms with Crippen LogP contribution in [0.2, 0.25) is 5.02 Å². The smallest absolute Gasteiger partial charge is 0.262 e. The summed E-state index contributed by atoms with van der Waals surface area (Å²) < 4.78 is 1.38. The molecule has 30 heavy (non-hydrogen) atoms. The van der Waals surface area contributed by atoms with Crippen LogP contribution in [0.5, 0.6) is 0 Å². The number of hydrogen-bond donors (Lipinski definition) is 2. The first-order chi connectivity index (χ1) is 14.4. The fourth-order valence-corrected chi connectivity index (χ4v) is 3.33. The third kappa shape index (κ3) is 5.14. The van der Waals surface area contributed by atoms with Crippen molar-refractivity contribution < 1.29 is 9.90 Å². The van der Waals surface area contributed by atoms with Crippen LogP contribution in [0.25, 0.3) is 28.4 Å². The van der Waals surface area contributed by atoms with Gasteiger partial charge in [0.15, 0.2) is 0 Å². The van der Waals surface area contributed by atoms with Crippen molar-refractivity contribution in [1.82, 2.24) is 14.9 Å². The van der Waals surface area contributed by atoms with Gasteiger partial charge in [0.05, 0.1) is 10.9 Å². The maximum absolute atomic E-state index is 13.4. The van der Waals surface area contributed by atoms with Crippen LogP contribution >= 0.6 is 11.6 Å². The number of hydrogen-bond acceptors (Lipinski definition) is 4. The van der Waals surface area contributed by atoms with Gasteiger partial charge in [0.2, 0.25) is 5.91 Å². The minimum atomic E-state index is -0.300. The van der Waals surface area contributed by atoms with Crippen LogP contribution in [0.3, 0.4) is 0 Å². The van der Waals surface area contributed by atoms with Gasteiger partial charge in [-0.1, -0.05) is 42.0 Å². The first-order valence-electron chi connectivity index (χ1n) is 9.76. The lowest BCUT2D eigenvalue weighted by atomic mass is 10.1. The summed E-state index contributed by atoms with van der Waals surface area (Å²) in [6.07, 6.45) is 4.21. The Bertz CT molecular complexity index is 1150. The van der Waals surface area contributed by atoms with Crippen LogP contribution in [0.1, 0.15) is 25.8 Å². The number of aromatic nitrogens is 2. The summed E-state index contributed by atoms with van der Waals surface area (Å²) >= 11 is 6.14. The van der Waals surface area contributed by atoms with Crippen molar-refractivity contribution in [2.24, 2.45) is 0 Å². The number of aliphatic hydroxyl groups excluding tert-OH is 1. The molecule has 3 rings (SSSR count). The molecule has 1 amide bonds. The van der Waals surface area contributed by atoms with Gasteiger partial charge in [-0.15, -0.1) is 0 Å². The first kappa shape index (κ1) is 21.7. The Morgan fingerprint density at radius 2 is 2.07 bits per heavy atom. The molecule has 0 bridgehead atoms. The summed E-state index contributed by atoms with van der Waals surface area (Å²) in [6.45, 7) is 3.64. The monoisotopic (exact) mass is 425 g/mol. The largest absolute Gasteiger partial charge is 0.396 e. The molecular weight excluding hydrogens is 402 g/mol. The molecule has 7 heteroatoms. The van der Waals surface area contributed by atoms with E-state index in [-0.39, 0.29) is 30.7 Å². The van der Waals surface area contributed by atoms with E-state index in [1.165, 1.54) is 4.57 Å². The van der Waals surface area contributed by atoms with Crippen molar-refractivity contribution in [3.8, 4) is 11.4 Å². The van der Waals surface area contributed by atoms with Crippen LogP contribution in [0.4, 0.5) is 0 Å². The summed E-state index contributed by atoms with van der Waals surface area (Å²) in [5, 5.41) is 12.7. The Balaban J connectivity index is 2.17. The Kier molecular flexibility index (Phi) is 7.03. The van der Waals surface area contributed by atoms with E-state index in [9.17, 15) is 9.59 Å². The molecule has 0 aliphatic carbocycles. The van der Waals surface area contributed by atoms with Crippen molar-refractivity contribution in [3.05, 3.63) is 69.5 Å². The van der Waals surface area contributed by atoms with Crippen LogP contribution in [-0.2, 0) is 11.3 Å². The van der Waals surface area contributed by atoms with E-state index in [4.69, 9.17) is 16.7 Å². The molecule has 0 saturated carbocycles. The van der Waals surface area contributed by atoms with Gasteiger partial charge in [-0.3, -0.25) is 14.2 Å². The lowest BCUT2D eigenvalue weighted by molar-refractivity contribution is -0.122. The van der Waals surface area contributed by atoms with Crippen molar-refractivity contribution in [2.45, 2.75) is 32.9 Å². The molecule has 0 atom stereocenters. The number of benzene rings is 2. The number of rotatable bonds is 7. The zero-order valence-electron chi connectivity index (χ0n) is 16.9. The molecule has 0 aliphatic heterocycles. The summed E-state index contributed by atoms with van der Waals surface area (Å²) in [4.78, 5) is 30.5. The van der Waals surface area contributed by atoms with Gasteiger partial charge >= 0.3 is 0 Å². The molecule has 0 spiro atoms. The molecule has 2 aromatic carbocycles. The molecule has 0 fully saturated rings. The fraction of sp³-hybridized carbons (Fsp3) is 0.261. The van der Waals surface area contributed by atoms with Gasteiger partial charge in [-0.25, -0.2) is 4.98 Å². The maximum Gasteiger partial charge on any atom is 0.262 e. The molecule has 3 aromatic rings. The van der Waals surface area contributed by atoms with E-state index in [2.05, 4.69) is 10.3 Å². The van der Waals surface area contributed by atoms with Crippen molar-refractivity contribution in [1.29, 1.82) is 0 Å². The zero-order chi connectivity index (χ0) is 21.7. The van der Waals surface area contributed by atoms with Crippen LogP contribution in [0, 0.1) is 0 Å². The minimum Gasteiger partial charge on any atom is -0.396 e. The normalized spacial score (nSPS) is 11.5. The van der Waals surface area contributed by atoms with E-state index in [1.54, 1.807) is 30.3 Å². The highest BCUT2D eigenvalue weighted by molar-refractivity contribution is 6.30. The third-order valence-electron chi connectivity index (χ3n) is 4.42. The number of nitrogens with one attached hydrogen (secondary N) is 1. The number of aliphatic hydroxyl groups is 1. The topological polar surface area (TPSA) is 84.2 Å². The fourth-order valence-electron chi connectivity index (χ4n) is 3.14. The second-order valence-electron chi connectivity index (χ2n) is 7.25. The maximum atomic E-state index is 13.4. The number of nitrogens with zero attached hydrogens (tertiary/aromatic N) is 2. The van der Waals surface area contributed by atoms with Gasteiger partial charge in [-0.05, 0) is 50.1 Å². The van der Waals surface area contributed by atoms with Crippen LogP contribution in [0.15, 0.2) is 53.3 Å². The van der Waals surface area contributed by atoms with E-state index in [0.29, 0.717) is 33.7 Å². The number of carbonyl (C=O) groups is 1. The average Bonchev–Trinajstić information content (AvgIpc) is 2.70. The summed E-state index contributed by atoms with van der Waals surface area (Å²) in [6, 6.07) is 12.4. The molecule has 0 aliphatic rings.